The topological polar surface area (TPSA) is 66.7 Å². The lowest BCUT2D eigenvalue weighted by atomic mass is 10.2. The summed E-state index contributed by atoms with van der Waals surface area (Å²) in [6, 6.07) is 10.1. The molecule has 2 aromatic heterocycles. The molecule has 0 bridgehead atoms. The molecule has 0 saturated carbocycles. The summed E-state index contributed by atoms with van der Waals surface area (Å²) in [5.74, 6) is 2.18. The zero-order valence-electron chi connectivity index (χ0n) is 11.3. The van der Waals surface area contributed by atoms with E-state index < -0.39 is 0 Å². The van der Waals surface area contributed by atoms with Gasteiger partial charge in [0.2, 0.25) is 0 Å². The van der Waals surface area contributed by atoms with E-state index in [1.807, 2.05) is 12.1 Å². The van der Waals surface area contributed by atoms with Gasteiger partial charge >= 0.3 is 0 Å². The van der Waals surface area contributed by atoms with Gasteiger partial charge in [0.05, 0.1) is 6.54 Å². The number of halogens is 1. The van der Waals surface area contributed by atoms with E-state index in [1.165, 1.54) is 18.5 Å². The molecular weight excluding hydrogens is 271 g/mol. The van der Waals surface area contributed by atoms with Crippen molar-refractivity contribution in [3.05, 3.63) is 60.1 Å². The fourth-order valence-electron chi connectivity index (χ4n) is 2.01. The highest BCUT2D eigenvalue weighted by atomic mass is 19.1. The Balaban J connectivity index is 1.52. The van der Waals surface area contributed by atoms with E-state index >= 15 is 0 Å². The second kappa shape index (κ2) is 6.32. The Morgan fingerprint density at radius 2 is 2.00 bits per heavy atom. The van der Waals surface area contributed by atoms with Crippen molar-refractivity contribution >= 4 is 0 Å². The molecular formula is C15H15FN4O. The smallest absolute Gasteiger partial charge is 0.137 e. The maximum Gasteiger partial charge on any atom is 0.137 e. The van der Waals surface area contributed by atoms with Crippen LogP contribution in [0, 0.1) is 5.82 Å². The molecule has 108 valence electrons. The predicted octanol–water partition coefficient (Wildman–Crippen LogP) is 2.54. The highest BCUT2D eigenvalue weighted by Gasteiger charge is 2.05. The molecule has 0 atom stereocenters. The predicted molar refractivity (Wildman–Crippen MR) is 75.9 cm³/mol. The minimum absolute atomic E-state index is 0.250. The number of aromatic nitrogens is 3. The van der Waals surface area contributed by atoms with Crippen LogP contribution in [0.4, 0.5) is 4.39 Å². The summed E-state index contributed by atoms with van der Waals surface area (Å²) in [6.07, 6.45) is 2.28. The van der Waals surface area contributed by atoms with E-state index in [4.69, 9.17) is 4.42 Å². The van der Waals surface area contributed by atoms with Crippen LogP contribution in [-0.2, 0) is 13.0 Å². The molecule has 3 rings (SSSR count). The molecule has 6 heteroatoms. The van der Waals surface area contributed by atoms with E-state index in [0.717, 1.165) is 35.9 Å². The van der Waals surface area contributed by atoms with Crippen LogP contribution in [0.25, 0.3) is 11.3 Å². The minimum atomic E-state index is -0.250. The number of H-pyrrole nitrogens is 1. The maximum atomic E-state index is 12.9. The SMILES string of the molecule is Fc1ccc(-c2ccc(CNCCc3ncn[nH]3)o2)cc1. The number of rotatable bonds is 6. The first-order valence-electron chi connectivity index (χ1n) is 6.71. The van der Waals surface area contributed by atoms with Gasteiger partial charge in [-0.1, -0.05) is 0 Å². The first-order valence-corrected chi connectivity index (χ1v) is 6.71. The number of furan rings is 1. The first-order chi connectivity index (χ1) is 10.3. The van der Waals surface area contributed by atoms with Crippen molar-refractivity contribution in [1.29, 1.82) is 0 Å². The van der Waals surface area contributed by atoms with Crippen LogP contribution >= 0.6 is 0 Å². The van der Waals surface area contributed by atoms with Gasteiger partial charge in [0.25, 0.3) is 0 Å². The fourth-order valence-corrected chi connectivity index (χ4v) is 2.01. The third-order valence-electron chi connectivity index (χ3n) is 3.09. The van der Waals surface area contributed by atoms with E-state index in [9.17, 15) is 4.39 Å². The van der Waals surface area contributed by atoms with Crippen molar-refractivity contribution < 1.29 is 8.81 Å². The molecule has 3 aromatic rings. The van der Waals surface area contributed by atoms with Crippen molar-refractivity contribution in [3.63, 3.8) is 0 Å². The Kier molecular flexibility index (Phi) is 4.07. The summed E-state index contributed by atoms with van der Waals surface area (Å²) in [7, 11) is 0. The van der Waals surface area contributed by atoms with Crippen molar-refractivity contribution in [2.24, 2.45) is 0 Å². The normalized spacial score (nSPS) is 10.9. The molecule has 2 N–H and O–H groups in total. The van der Waals surface area contributed by atoms with Crippen LogP contribution in [0.1, 0.15) is 11.6 Å². The number of nitrogens with one attached hydrogen (secondary N) is 2. The average Bonchev–Trinajstić information content (AvgIpc) is 3.16. The van der Waals surface area contributed by atoms with Crippen molar-refractivity contribution in [3.8, 4) is 11.3 Å². The molecule has 0 radical (unpaired) electrons. The first kappa shape index (κ1) is 13.5. The summed E-state index contributed by atoms with van der Waals surface area (Å²) >= 11 is 0. The van der Waals surface area contributed by atoms with E-state index in [-0.39, 0.29) is 5.82 Å². The standard InChI is InChI=1S/C15H15FN4O/c16-12-3-1-11(2-4-12)14-6-5-13(21-14)9-17-8-7-15-18-10-19-20-15/h1-6,10,17H,7-9H2,(H,18,19,20). The van der Waals surface area contributed by atoms with Crippen molar-refractivity contribution in [2.75, 3.05) is 6.54 Å². The summed E-state index contributed by atoms with van der Waals surface area (Å²) < 4.78 is 18.6. The molecule has 0 spiro atoms. The Labute approximate surface area is 121 Å². The Morgan fingerprint density at radius 1 is 1.14 bits per heavy atom. The molecule has 0 fully saturated rings. The quantitative estimate of drug-likeness (QED) is 0.683. The fraction of sp³-hybridized carbons (Fsp3) is 0.200. The van der Waals surface area contributed by atoms with Crippen LogP contribution in [0.15, 0.2) is 47.1 Å². The lowest BCUT2D eigenvalue weighted by Gasteiger charge is -2.01. The third kappa shape index (κ3) is 3.55. The van der Waals surface area contributed by atoms with Gasteiger partial charge in [-0.3, -0.25) is 5.10 Å². The molecule has 21 heavy (non-hydrogen) atoms. The number of benzene rings is 1. The van der Waals surface area contributed by atoms with Crippen LogP contribution in [0.5, 0.6) is 0 Å². The van der Waals surface area contributed by atoms with Crippen LogP contribution < -0.4 is 5.32 Å². The van der Waals surface area contributed by atoms with Gasteiger partial charge in [0.1, 0.15) is 29.5 Å². The summed E-state index contributed by atoms with van der Waals surface area (Å²) in [6.45, 7) is 1.41. The van der Waals surface area contributed by atoms with E-state index in [2.05, 4.69) is 20.5 Å². The molecule has 0 aliphatic heterocycles. The molecule has 0 aliphatic carbocycles. The number of aromatic amines is 1. The molecule has 2 heterocycles. The summed E-state index contributed by atoms with van der Waals surface area (Å²) in [5, 5.41) is 9.88. The second-order valence-electron chi connectivity index (χ2n) is 4.63. The van der Waals surface area contributed by atoms with Gasteiger partial charge in [-0.25, -0.2) is 9.37 Å². The van der Waals surface area contributed by atoms with Crippen LogP contribution in [0.2, 0.25) is 0 Å². The van der Waals surface area contributed by atoms with Crippen LogP contribution in [-0.4, -0.2) is 21.7 Å². The highest BCUT2D eigenvalue weighted by Crippen LogP contribution is 2.22. The summed E-state index contributed by atoms with van der Waals surface area (Å²) in [5.41, 5.74) is 0.865. The lowest BCUT2D eigenvalue weighted by Crippen LogP contribution is -2.16. The Hall–Kier alpha value is -2.47. The summed E-state index contributed by atoms with van der Waals surface area (Å²) in [4.78, 5) is 4.05. The van der Waals surface area contributed by atoms with Gasteiger partial charge < -0.3 is 9.73 Å². The zero-order chi connectivity index (χ0) is 14.5. The zero-order valence-corrected chi connectivity index (χ0v) is 11.3. The van der Waals surface area contributed by atoms with Gasteiger partial charge in [-0.15, -0.1) is 0 Å². The minimum Gasteiger partial charge on any atom is -0.460 e. The Morgan fingerprint density at radius 3 is 2.76 bits per heavy atom. The highest BCUT2D eigenvalue weighted by molar-refractivity contribution is 5.57. The van der Waals surface area contributed by atoms with Crippen molar-refractivity contribution in [1.82, 2.24) is 20.5 Å². The number of hydrogen-bond donors (Lipinski definition) is 2. The van der Waals surface area contributed by atoms with Crippen molar-refractivity contribution in [2.45, 2.75) is 13.0 Å². The number of nitrogens with zero attached hydrogens (tertiary/aromatic N) is 2. The monoisotopic (exact) mass is 286 g/mol. The molecule has 5 nitrogen and oxygen atoms in total. The third-order valence-corrected chi connectivity index (χ3v) is 3.09. The van der Waals surface area contributed by atoms with Gasteiger partial charge in [-0.2, -0.15) is 5.10 Å². The van der Waals surface area contributed by atoms with Crippen LogP contribution in [0.3, 0.4) is 0 Å². The molecule has 0 amide bonds. The second-order valence-corrected chi connectivity index (χ2v) is 4.63. The maximum absolute atomic E-state index is 12.9. The largest absolute Gasteiger partial charge is 0.460 e. The van der Waals surface area contributed by atoms with Gasteiger partial charge in [0.15, 0.2) is 0 Å². The van der Waals surface area contributed by atoms with Gasteiger partial charge in [-0.05, 0) is 36.4 Å². The average molecular weight is 286 g/mol. The molecule has 0 aliphatic rings. The molecule has 0 saturated heterocycles. The van der Waals surface area contributed by atoms with E-state index in [0.29, 0.717) is 6.54 Å². The molecule has 0 unspecified atom stereocenters. The van der Waals surface area contributed by atoms with E-state index in [1.54, 1.807) is 12.1 Å². The molecule has 1 aromatic carbocycles. The Bertz CT molecular complexity index is 676. The lowest BCUT2D eigenvalue weighted by molar-refractivity contribution is 0.493. The number of hydrogen-bond acceptors (Lipinski definition) is 4. The van der Waals surface area contributed by atoms with Gasteiger partial charge in [0, 0.05) is 18.5 Å².